The normalized spacial score (nSPS) is 19.5. The lowest BCUT2D eigenvalue weighted by Crippen LogP contribution is -2.35. The number of rotatable bonds is 4. The minimum atomic E-state index is 0.697. The molecule has 1 aromatic heterocycles. The Balaban J connectivity index is 1.77. The van der Waals surface area contributed by atoms with E-state index in [0.717, 1.165) is 13.2 Å². The van der Waals surface area contributed by atoms with Crippen LogP contribution in [-0.2, 0) is 4.74 Å². The molecule has 1 saturated heterocycles. The maximum atomic E-state index is 5.09. The molecule has 0 saturated carbocycles. The number of methoxy groups -OCH3 is 1. The van der Waals surface area contributed by atoms with Gasteiger partial charge in [-0.05, 0) is 37.4 Å². The quantitative estimate of drug-likeness (QED) is 0.811. The van der Waals surface area contributed by atoms with Crippen LogP contribution in [0.3, 0.4) is 0 Å². The van der Waals surface area contributed by atoms with Crippen LogP contribution in [0.15, 0.2) is 12.4 Å². The van der Waals surface area contributed by atoms with Gasteiger partial charge in [-0.1, -0.05) is 0 Å². The fourth-order valence-electron chi connectivity index (χ4n) is 2.19. The topological polar surface area (TPSA) is 41.1 Å². The van der Waals surface area contributed by atoms with E-state index >= 15 is 0 Å². The molecule has 1 N–H and O–H groups in total. The van der Waals surface area contributed by atoms with Gasteiger partial charge in [-0.2, -0.15) is 5.10 Å². The smallest absolute Gasteiger partial charge is 0.0589 e. The molecule has 0 spiro atoms. The van der Waals surface area contributed by atoms with Crippen molar-refractivity contribution in [3.8, 4) is 0 Å². The van der Waals surface area contributed by atoms with Crippen LogP contribution in [0.5, 0.6) is 0 Å². The van der Waals surface area contributed by atoms with Crippen molar-refractivity contribution in [3.05, 3.63) is 18.0 Å². The van der Waals surface area contributed by atoms with Crippen LogP contribution < -0.4 is 0 Å². The Morgan fingerprint density at radius 3 is 2.93 bits per heavy atom. The van der Waals surface area contributed by atoms with Crippen LogP contribution in [-0.4, -0.2) is 48.4 Å². The van der Waals surface area contributed by atoms with Crippen molar-refractivity contribution < 1.29 is 4.74 Å². The number of hydrogen-bond acceptors (Lipinski definition) is 3. The molecule has 0 unspecified atom stereocenters. The van der Waals surface area contributed by atoms with E-state index in [4.69, 9.17) is 4.74 Å². The monoisotopic (exact) mass is 209 g/mol. The van der Waals surface area contributed by atoms with Crippen LogP contribution in [0, 0.1) is 0 Å². The molecule has 15 heavy (non-hydrogen) atoms. The summed E-state index contributed by atoms with van der Waals surface area (Å²) in [4.78, 5) is 2.47. The Labute approximate surface area is 90.6 Å². The zero-order chi connectivity index (χ0) is 10.5. The van der Waals surface area contributed by atoms with Gasteiger partial charge in [0, 0.05) is 19.9 Å². The van der Waals surface area contributed by atoms with Crippen molar-refractivity contribution >= 4 is 0 Å². The Hall–Kier alpha value is -0.870. The van der Waals surface area contributed by atoms with Crippen molar-refractivity contribution in [1.29, 1.82) is 0 Å². The molecule has 1 aromatic rings. The lowest BCUT2D eigenvalue weighted by molar-refractivity contribution is 0.130. The second kappa shape index (κ2) is 5.28. The first-order chi connectivity index (χ1) is 7.40. The molecular weight excluding hydrogens is 190 g/mol. The summed E-state index contributed by atoms with van der Waals surface area (Å²) >= 11 is 0. The third-order valence-electron chi connectivity index (χ3n) is 3.19. The molecular formula is C11H19N3O. The number of piperidine rings is 1. The molecule has 2 heterocycles. The van der Waals surface area contributed by atoms with Crippen LogP contribution in [0.25, 0.3) is 0 Å². The number of nitrogens with one attached hydrogen (secondary N) is 1. The predicted octanol–water partition coefficient (Wildman–Crippen LogP) is 1.24. The van der Waals surface area contributed by atoms with Crippen molar-refractivity contribution in [2.75, 3.05) is 33.4 Å². The van der Waals surface area contributed by atoms with Crippen LogP contribution in [0.4, 0.5) is 0 Å². The first-order valence-electron chi connectivity index (χ1n) is 5.60. The molecule has 0 amide bonds. The van der Waals surface area contributed by atoms with Crippen molar-refractivity contribution in [1.82, 2.24) is 15.1 Å². The fourth-order valence-corrected chi connectivity index (χ4v) is 2.19. The molecule has 0 radical (unpaired) electrons. The molecule has 1 aliphatic heterocycles. The van der Waals surface area contributed by atoms with E-state index in [1.807, 2.05) is 12.4 Å². The largest absolute Gasteiger partial charge is 0.383 e. The molecule has 1 aliphatic rings. The van der Waals surface area contributed by atoms with Gasteiger partial charge in [0.05, 0.1) is 12.8 Å². The van der Waals surface area contributed by atoms with Crippen LogP contribution in [0.1, 0.15) is 24.3 Å². The highest BCUT2D eigenvalue weighted by molar-refractivity contribution is 5.11. The number of likely N-dealkylation sites (tertiary alicyclic amines) is 1. The van der Waals surface area contributed by atoms with Gasteiger partial charge in [-0.15, -0.1) is 0 Å². The second-order valence-corrected chi connectivity index (χ2v) is 4.14. The van der Waals surface area contributed by atoms with Crippen molar-refractivity contribution in [3.63, 3.8) is 0 Å². The SMILES string of the molecule is COCCN1CCC(c2cn[nH]c2)CC1. The molecule has 2 rings (SSSR count). The van der Waals surface area contributed by atoms with Gasteiger partial charge >= 0.3 is 0 Å². The van der Waals surface area contributed by atoms with Crippen LogP contribution >= 0.6 is 0 Å². The minimum Gasteiger partial charge on any atom is -0.383 e. The van der Waals surface area contributed by atoms with E-state index in [0.29, 0.717) is 5.92 Å². The number of aromatic nitrogens is 2. The summed E-state index contributed by atoms with van der Waals surface area (Å²) in [5.74, 6) is 0.697. The zero-order valence-electron chi connectivity index (χ0n) is 9.28. The van der Waals surface area contributed by atoms with E-state index in [1.165, 1.54) is 31.5 Å². The van der Waals surface area contributed by atoms with Gasteiger partial charge in [-0.25, -0.2) is 0 Å². The van der Waals surface area contributed by atoms with Gasteiger partial charge in [0.2, 0.25) is 0 Å². The number of aromatic amines is 1. The highest BCUT2D eigenvalue weighted by atomic mass is 16.5. The highest BCUT2D eigenvalue weighted by Gasteiger charge is 2.20. The fraction of sp³-hybridized carbons (Fsp3) is 0.727. The standard InChI is InChI=1S/C11H19N3O/c1-15-7-6-14-4-2-10(3-5-14)11-8-12-13-9-11/h8-10H,2-7H2,1H3,(H,12,13). The number of H-pyrrole nitrogens is 1. The van der Waals surface area contributed by atoms with Gasteiger partial charge < -0.3 is 9.64 Å². The lowest BCUT2D eigenvalue weighted by Gasteiger charge is -2.31. The van der Waals surface area contributed by atoms with Gasteiger partial charge in [0.25, 0.3) is 0 Å². The average molecular weight is 209 g/mol. The van der Waals surface area contributed by atoms with E-state index in [1.54, 1.807) is 7.11 Å². The number of nitrogens with zero attached hydrogens (tertiary/aromatic N) is 2. The number of hydrogen-bond donors (Lipinski definition) is 1. The lowest BCUT2D eigenvalue weighted by atomic mass is 9.92. The molecule has 0 aromatic carbocycles. The predicted molar refractivity (Wildman–Crippen MR) is 58.9 cm³/mol. The molecule has 4 nitrogen and oxygen atoms in total. The highest BCUT2D eigenvalue weighted by Crippen LogP contribution is 2.26. The Bertz CT molecular complexity index is 265. The first-order valence-corrected chi connectivity index (χ1v) is 5.60. The Morgan fingerprint density at radius 1 is 1.53 bits per heavy atom. The van der Waals surface area contributed by atoms with E-state index < -0.39 is 0 Å². The maximum Gasteiger partial charge on any atom is 0.0589 e. The summed E-state index contributed by atoms with van der Waals surface area (Å²) in [5, 5.41) is 6.90. The van der Waals surface area contributed by atoms with Gasteiger partial charge in [0.1, 0.15) is 0 Å². The minimum absolute atomic E-state index is 0.697. The maximum absolute atomic E-state index is 5.09. The third kappa shape index (κ3) is 2.79. The molecule has 0 atom stereocenters. The molecule has 4 heteroatoms. The Kier molecular flexibility index (Phi) is 3.75. The summed E-state index contributed by atoms with van der Waals surface area (Å²) in [6.07, 6.45) is 6.46. The zero-order valence-corrected chi connectivity index (χ0v) is 9.28. The summed E-state index contributed by atoms with van der Waals surface area (Å²) in [7, 11) is 1.76. The summed E-state index contributed by atoms with van der Waals surface area (Å²) < 4.78 is 5.09. The van der Waals surface area contributed by atoms with Gasteiger partial charge in [0.15, 0.2) is 0 Å². The molecule has 1 fully saturated rings. The van der Waals surface area contributed by atoms with E-state index in [2.05, 4.69) is 15.1 Å². The Morgan fingerprint density at radius 2 is 2.33 bits per heavy atom. The summed E-state index contributed by atoms with van der Waals surface area (Å²) in [6, 6.07) is 0. The van der Waals surface area contributed by atoms with E-state index in [-0.39, 0.29) is 0 Å². The average Bonchev–Trinajstić information content (AvgIpc) is 2.80. The van der Waals surface area contributed by atoms with Crippen LogP contribution in [0.2, 0.25) is 0 Å². The van der Waals surface area contributed by atoms with E-state index in [9.17, 15) is 0 Å². The number of ether oxygens (including phenoxy) is 1. The third-order valence-corrected chi connectivity index (χ3v) is 3.19. The summed E-state index contributed by atoms with van der Waals surface area (Å²) in [6.45, 7) is 4.27. The first kappa shape index (κ1) is 10.6. The molecule has 0 bridgehead atoms. The summed E-state index contributed by atoms with van der Waals surface area (Å²) in [5.41, 5.74) is 1.36. The molecule has 84 valence electrons. The van der Waals surface area contributed by atoms with Gasteiger partial charge in [-0.3, -0.25) is 5.10 Å². The van der Waals surface area contributed by atoms with Crippen molar-refractivity contribution in [2.45, 2.75) is 18.8 Å². The molecule has 0 aliphatic carbocycles. The second-order valence-electron chi connectivity index (χ2n) is 4.14. The van der Waals surface area contributed by atoms with Crippen molar-refractivity contribution in [2.24, 2.45) is 0 Å².